The predicted octanol–water partition coefficient (Wildman–Crippen LogP) is 4.66. The molecule has 1 N–H and O–H groups in total. The lowest BCUT2D eigenvalue weighted by molar-refractivity contribution is 0.103. The number of benzene rings is 2. The summed E-state index contributed by atoms with van der Waals surface area (Å²) in [6.07, 6.45) is 0. The topological polar surface area (TPSA) is 78.3 Å². The normalized spacial score (nSPS) is 10.6. The van der Waals surface area contributed by atoms with Gasteiger partial charge in [0, 0.05) is 11.3 Å². The van der Waals surface area contributed by atoms with Crippen LogP contribution >= 0.6 is 11.3 Å². The van der Waals surface area contributed by atoms with Crippen LogP contribution in [0.3, 0.4) is 0 Å². The van der Waals surface area contributed by atoms with Crippen molar-refractivity contribution in [2.24, 2.45) is 0 Å². The summed E-state index contributed by atoms with van der Waals surface area (Å²) in [6.45, 7) is 2.34. The number of rotatable bonds is 7. The fraction of sp³-hybridized carbons (Fsp3) is 0.136. The maximum atomic E-state index is 12.4. The zero-order chi connectivity index (χ0) is 20.9. The van der Waals surface area contributed by atoms with Crippen LogP contribution in [-0.4, -0.2) is 34.4 Å². The summed E-state index contributed by atoms with van der Waals surface area (Å²) in [6, 6.07) is 18.9. The summed E-state index contributed by atoms with van der Waals surface area (Å²) in [7, 11) is 1.62. The number of hydrogen-bond donors (Lipinski definition) is 1. The molecule has 8 heteroatoms. The minimum Gasteiger partial charge on any atom is -0.497 e. The van der Waals surface area contributed by atoms with Gasteiger partial charge in [-0.1, -0.05) is 24.3 Å². The number of amides is 1. The van der Waals surface area contributed by atoms with Crippen LogP contribution in [0.15, 0.2) is 66.0 Å². The van der Waals surface area contributed by atoms with Gasteiger partial charge < -0.3 is 14.8 Å². The number of hydrogen-bond acceptors (Lipinski definition) is 6. The Hall–Kier alpha value is -3.65. The number of anilines is 1. The van der Waals surface area contributed by atoms with E-state index in [0.29, 0.717) is 23.0 Å². The molecule has 0 aliphatic carbocycles. The van der Waals surface area contributed by atoms with Crippen LogP contribution in [0.2, 0.25) is 0 Å². The first-order chi connectivity index (χ1) is 14.7. The third-order valence-electron chi connectivity index (χ3n) is 4.28. The molecule has 4 rings (SSSR count). The van der Waals surface area contributed by atoms with Crippen LogP contribution in [-0.2, 0) is 0 Å². The Morgan fingerprint density at radius 1 is 1.13 bits per heavy atom. The molecule has 0 bridgehead atoms. The van der Waals surface area contributed by atoms with Crippen molar-refractivity contribution in [3.8, 4) is 28.8 Å². The summed E-state index contributed by atoms with van der Waals surface area (Å²) in [5, 5.41) is 9.30. The van der Waals surface area contributed by atoms with Crippen LogP contribution in [0.1, 0.15) is 16.6 Å². The Bertz CT molecular complexity index is 1150. The first kappa shape index (κ1) is 19.7. The predicted molar refractivity (Wildman–Crippen MR) is 117 cm³/mol. The second-order valence-electron chi connectivity index (χ2n) is 6.28. The summed E-state index contributed by atoms with van der Waals surface area (Å²) in [4.78, 5) is 17.6. The van der Waals surface area contributed by atoms with E-state index < -0.39 is 0 Å². The van der Waals surface area contributed by atoms with Crippen LogP contribution in [0.25, 0.3) is 17.1 Å². The van der Waals surface area contributed by atoms with Crippen molar-refractivity contribution < 1.29 is 14.3 Å². The van der Waals surface area contributed by atoms with Gasteiger partial charge in [-0.15, -0.1) is 16.4 Å². The van der Waals surface area contributed by atoms with Crippen LogP contribution < -0.4 is 14.8 Å². The van der Waals surface area contributed by atoms with Crippen LogP contribution in [0.5, 0.6) is 11.8 Å². The maximum absolute atomic E-state index is 12.4. The third kappa shape index (κ3) is 4.18. The average Bonchev–Trinajstić information content (AvgIpc) is 3.45. The summed E-state index contributed by atoms with van der Waals surface area (Å²) < 4.78 is 12.6. The second-order valence-corrected chi connectivity index (χ2v) is 7.22. The number of thiophene rings is 1. The van der Waals surface area contributed by atoms with E-state index in [1.165, 1.54) is 11.3 Å². The number of ether oxygens (including phenoxy) is 2. The lowest BCUT2D eigenvalue weighted by atomic mass is 10.2. The third-order valence-corrected chi connectivity index (χ3v) is 5.15. The number of methoxy groups -OCH3 is 1. The minimum atomic E-state index is -0.149. The molecule has 0 aliphatic rings. The number of aromatic nitrogens is 3. The van der Waals surface area contributed by atoms with Gasteiger partial charge in [-0.2, -0.15) is 4.98 Å². The number of nitrogens with zero attached hydrogens (tertiary/aromatic N) is 3. The molecular weight excluding hydrogens is 400 g/mol. The monoisotopic (exact) mass is 420 g/mol. The van der Waals surface area contributed by atoms with Gasteiger partial charge in [0.1, 0.15) is 5.75 Å². The van der Waals surface area contributed by atoms with Gasteiger partial charge in [0.05, 0.1) is 24.3 Å². The van der Waals surface area contributed by atoms with Gasteiger partial charge in [0.2, 0.25) is 0 Å². The SMILES string of the molecule is CCOc1nc(-c2cccc(OC)c2)n(-c2cccc(NC(=O)c3cccs3)c2)n1. The molecule has 0 spiro atoms. The number of carbonyl (C=O) groups is 1. The van der Waals surface area contributed by atoms with Crippen LogP contribution in [0.4, 0.5) is 5.69 Å². The molecule has 0 saturated carbocycles. The minimum absolute atomic E-state index is 0.149. The molecular formula is C22H20N4O3S. The second kappa shape index (κ2) is 8.79. The van der Waals surface area contributed by atoms with Crippen molar-refractivity contribution in [2.75, 3.05) is 19.0 Å². The van der Waals surface area contributed by atoms with E-state index in [4.69, 9.17) is 9.47 Å². The van der Waals surface area contributed by atoms with Crippen LogP contribution in [0, 0.1) is 0 Å². The molecule has 0 radical (unpaired) electrons. The van der Waals surface area contributed by atoms with Crippen molar-refractivity contribution in [1.82, 2.24) is 14.8 Å². The molecule has 4 aromatic rings. The molecule has 2 aromatic carbocycles. The van der Waals surface area contributed by atoms with Crippen molar-refractivity contribution in [1.29, 1.82) is 0 Å². The van der Waals surface area contributed by atoms with Crippen molar-refractivity contribution in [3.63, 3.8) is 0 Å². The van der Waals surface area contributed by atoms with Gasteiger partial charge in [-0.25, -0.2) is 4.68 Å². The summed E-state index contributed by atoms with van der Waals surface area (Å²) in [5.74, 6) is 1.18. The highest BCUT2D eigenvalue weighted by Crippen LogP contribution is 2.27. The molecule has 2 aromatic heterocycles. The van der Waals surface area contributed by atoms with E-state index in [-0.39, 0.29) is 11.9 Å². The van der Waals surface area contributed by atoms with E-state index in [1.54, 1.807) is 17.9 Å². The zero-order valence-corrected chi connectivity index (χ0v) is 17.3. The zero-order valence-electron chi connectivity index (χ0n) is 16.5. The largest absolute Gasteiger partial charge is 0.497 e. The summed E-state index contributed by atoms with van der Waals surface area (Å²) >= 11 is 1.39. The standard InChI is InChI=1S/C22H20N4O3S/c1-3-29-22-24-20(15-7-4-10-18(13-15)28-2)26(25-22)17-9-5-8-16(14-17)23-21(27)19-11-6-12-30-19/h4-14H,3H2,1-2H3,(H,23,27). The molecule has 0 saturated heterocycles. The fourth-order valence-corrected chi connectivity index (χ4v) is 3.55. The average molecular weight is 420 g/mol. The Kier molecular flexibility index (Phi) is 5.76. The van der Waals surface area contributed by atoms with Crippen molar-refractivity contribution in [3.05, 3.63) is 70.9 Å². The molecule has 30 heavy (non-hydrogen) atoms. The van der Waals surface area contributed by atoms with Gasteiger partial charge in [-0.3, -0.25) is 4.79 Å². The molecule has 2 heterocycles. The van der Waals surface area contributed by atoms with Gasteiger partial charge in [0.15, 0.2) is 5.82 Å². The van der Waals surface area contributed by atoms with Gasteiger partial charge in [-0.05, 0) is 48.7 Å². The Labute approximate surface area is 177 Å². The smallest absolute Gasteiger partial charge is 0.336 e. The lowest BCUT2D eigenvalue weighted by Crippen LogP contribution is -2.10. The molecule has 7 nitrogen and oxygen atoms in total. The Morgan fingerprint density at radius 2 is 2.00 bits per heavy atom. The van der Waals surface area contributed by atoms with Gasteiger partial charge >= 0.3 is 6.01 Å². The maximum Gasteiger partial charge on any atom is 0.336 e. The summed E-state index contributed by atoms with van der Waals surface area (Å²) in [5.41, 5.74) is 2.24. The highest BCUT2D eigenvalue weighted by Gasteiger charge is 2.16. The van der Waals surface area contributed by atoms with E-state index in [2.05, 4.69) is 15.4 Å². The lowest BCUT2D eigenvalue weighted by Gasteiger charge is -2.09. The molecule has 1 amide bonds. The number of carbonyl (C=O) groups excluding carboxylic acids is 1. The first-order valence-corrected chi connectivity index (χ1v) is 10.3. The number of nitrogens with one attached hydrogen (secondary N) is 1. The van der Waals surface area contributed by atoms with E-state index >= 15 is 0 Å². The Morgan fingerprint density at radius 3 is 2.77 bits per heavy atom. The molecule has 0 fully saturated rings. The van der Waals surface area contributed by atoms with E-state index in [9.17, 15) is 4.79 Å². The fourth-order valence-electron chi connectivity index (χ4n) is 2.93. The molecule has 0 aliphatic heterocycles. The van der Waals surface area contributed by atoms with E-state index in [1.807, 2.05) is 66.9 Å². The van der Waals surface area contributed by atoms with E-state index in [0.717, 1.165) is 17.0 Å². The van der Waals surface area contributed by atoms with Crippen molar-refractivity contribution in [2.45, 2.75) is 6.92 Å². The molecule has 0 atom stereocenters. The Balaban J connectivity index is 1.71. The highest BCUT2D eigenvalue weighted by molar-refractivity contribution is 7.12. The molecule has 0 unspecified atom stereocenters. The van der Waals surface area contributed by atoms with Crippen molar-refractivity contribution >= 4 is 22.9 Å². The molecule has 152 valence electrons. The quantitative estimate of drug-likeness (QED) is 0.471. The van der Waals surface area contributed by atoms with Gasteiger partial charge in [0.25, 0.3) is 5.91 Å². The first-order valence-electron chi connectivity index (χ1n) is 9.37. The highest BCUT2D eigenvalue weighted by atomic mass is 32.1.